The minimum atomic E-state index is 0.202. The van der Waals surface area contributed by atoms with Crippen LogP contribution < -0.4 is 15.2 Å². The first-order chi connectivity index (χ1) is 13.7. The maximum Gasteiger partial charge on any atom is 0.203 e. The SMILES string of the molecule is CCCCCCCCN.Oc1cc(CCCN2CCCC2)cc2c1OCCO2. The van der Waals surface area contributed by atoms with Gasteiger partial charge in [0.25, 0.3) is 0 Å². The zero-order valence-corrected chi connectivity index (χ0v) is 17.8. The van der Waals surface area contributed by atoms with Crippen molar-refractivity contribution in [2.75, 3.05) is 39.4 Å². The van der Waals surface area contributed by atoms with Gasteiger partial charge < -0.3 is 25.2 Å². The summed E-state index contributed by atoms with van der Waals surface area (Å²) in [5, 5.41) is 9.93. The van der Waals surface area contributed by atoms with Crippen molar-refractivity contribution in [3.05, 3.63) is 17.7 Å². The monoisotopic (exact) mass is 392 g/mol. The lowest BCUT2D eigenvalue weighted by Crippen LogP contribution is -2.20. The largest absolute Gasteiger partial charge is 0.504 e. The van der Waals surface area contributed by atoms with Crippen LogP contribution in [0.1, 0.15) is 70.3 Å². The molecule has 5 heteroatoms. The second-order valence-electron chi connectivity index (χ2n) is 7.85. The molecule has 1 aromatic rings. The molecule has 0 aliphatic carbocycles. The van der Waals surface area contributed by atoms with Crippen LogP contribution in [0.4, 0.5) is 0 Å². The second-order valence-corrected chi connectivity index (χ2v) is 7.85. The minimum absolute atomic E-state index is 0.202. The van der Waals surface area contributed by atoms with Crippen LogP contribution in [0.5, 0.6) is 17.2 Å². The number of phenols is 1. The number of nitrogens with two attached hydrogens (primary N) is 1. The Hall–Kier alpha value is -1.46. The quantitative estimate of drug-likeness (QED) is 0.574. The Balaban J connectivity index is 0.000000266. The number of aromatic hydroxyl groups is 1. The molecule has 160 valence electrons. The first kappa shape index (κ1) is 22.8. The number of fused-ring (bicyclic) bond motifs is 1. The van der Waals surface area contributed by atoms with Gasteiger partial charge in [-0.15, -0.1) is 0 Å². The molecule has 1 aromatic carbocycles. The second kappa shape index (κ2) is 13.7. The van der Waals surface area contributed by atoms with Gasteiger partial charge in [-0.1, -0.05) is 39.0 Å². The van der Waals surface area contributed by atoms with Crippen LogP contribution in [0.2, 0.25) is 0 Å². The molecule has 0 bridgehead atoms. The molecule has 0 spiro atoms. The number of unbranched alkanes of at least 4 members (excludes halogenated alkanes) is 5. The highest BCUT2D eigenvalue weighted by atomic mass is 16.6. The number of rotatable bonds is 10. The molecule has 28 heavy (non-hydrogen) atoms. The van der Waals surface area contributed by atoms with Crippen LogP contribution >= 0.6 is 0 Å². The van der Waals surface area contributed by atoms with Crippen LogP contribution in [0, 0.1) is 0 Å². The summed E-state index contributed by atoms with van der Waals surface area (Å²) >= 11 is 0. The van der Waals surface area contributed by atoms with E-state index in [-0.39, 0.29) is 5.75 Å². The molecule has 3 N–H and O–H groups in total. The summed E-state index contributed by atoms with van der Waals surface area (Å²) in [6.45, 7) is 7.81. The highest BCUT2D eigenvalue weighted by Crippen LogP contribution is 2.39. The van der Waals surface area contributed by atoms with Gasteiger partial charge in [0.15, 0.2) is 11.5 Å². The van der Waals surface area contributed by atoms with Crippen molar-refractivity contribution in [3.63, 3.8) is 0 Å². The highest BCUT2D eigenvalue weighted by molar-refractivity contribution is 5.53. The molecule has 3 rings (SSSR count). The van der Waals surface area contributed by atoms with E-state index >= 15 is 0 Å². The first-order valence-corrected chi connectivity index (χ1v) is 11.3. The number of likely N-dealkylation sites (tertiary alicyclic amines) is 1. The summed E-state index contributed by atoms with van der Waals surface area (Å²) in [5.41, 5.74) is 6.47. The average Bonchev–Trinajstić information content (AvgIpc) is 3.22. The lowest BCUT2D eigenvalue weighted by Gasteiger charge is -2.20. The third-order valence-corrected chi connectivity index (χ3v) is 5.38. The standard InChI is InChI=1S/C15H21NO3.C8H19N/c17-13-10-12(4-3-7-16-5-1-2-6-16)11-14-15(13)19-9-8-18-14;1-2-3-4-5-6-7-8-9/h10-11,17H,1-9H2;2-9H2,1H3. The van der Waals surface area contributed by atoms with Crippen molar-refractivity contribution in [1.29, 1.82) is 0 Å². The Morgan fingerprint density at radius 3 is 2.43 bits per heavy atom. The Morgan fingerprint density at radius 1 is 0.964 bits per heavy atom. The Bertz CT molecular complexity index is 539. The van der Waals surface area contributed by atoms with Gasteiger partial charge in [-0.2, -0.15) is 0 Å². The van der Waals surface area contributed by atoms with E-state index in [0.29, 0.717) is 24.7 Å². The molecule has 0 aromatic heterocycles. The fourth-order valence-electron chi connectivity index (χ4n) is 3.77. The van der Waals surface area contributed by atoms with Gasteiger partial charge in [0.05, 0.1) is 0 Å². The minimum Gasteiger partial charge on any atom is -0.504 e. The summed E-state index contributed by atoms with van der Waals surface area (Å²) in [6.07, 6.45) is 12.8. The van der Waals surface area contributed by atoms with Gasteiger partial charge in [0.2, 0.25) is 5.75 Å². The van der Waals surface area contributed by atoms with Crippen molar-refractivity contribution >= 4 is 0 Å². The maximum absolute atomic E-state index is 9.93. The summed E-state index contributed by atoms with van der Waals surface area (Å²) in [4.78, 5) is 2.51. The topological polar surface area (TPSA) is 68.0 Å². The summed E-state index contributed by atoms with van der Waals surface area (Å²) in [7, 11) is 0. The van der Waals surface area contributed by atoms with Gasteiger partial charge in [-0.25, -0.2) is 0 Å². The van der Waals surface area contributed by atoms with Gasteiger partial charge in [-0.3, -0.25) is 0 Å². The van der Waals surface area contributed by atoms with Crippen LogP contribution in [-0.4, -0.2) is 49.4 Å². The Labute approximate surface area is 171 Å². The van der Waals surface area contributed by atoms with Gasteiger partial charge in [-0.05, 0) is 76.0 Å². The predicted octanol–water partition coefficient (Wildman–Crippen LogP) is 4.50. The molecule has 0 amide bonds. The summed E-state index contributed by atoms with van der Waals surface area (Å²) in [6, 6.07) is 3.80. The molecule has 2 aliphatic heterocycles. The lowest BCUT2D eigenvalue weighted by molar-refractivity contribution is 0.165. The van der Waals surface area contributed by atoms with E-state index in [0.717, 1.165) is 31.5 Å². The molecule has 0 radical (unpaired) electrons. The van der Waals surface area contributed by atoms with Gasteiger partial charge in [0.1, 0.15) is 13.2 Å². The third-order valence-electron chi connectivity index (χ3n) is 5.38. The summed E-state index contributed by atoms with van der Waals surface area (Å²) in [5.74, 6) is 1.38. The number of aryl methyl sites for hydroxylation is 1. The van der Waals surface area contributed by atoms with E-state index in [9.17, 15) is 5.11 Å². The van der Waals surface area contributed by atoms with Crippen molar-refractivity contribution < 1.29 is 14.6 Å². The van der Waals surface area contributed by atoms with Crippen molar-refractivity contribution in [2.45, 2.75) is 71.1 Å². The van der Waals surface area contributed by atoms with E-state index in [1.165, 1.54) is 64.5 Å². The third kappa shape index (κ3) is 8.27. The molecule has 0 saturated carbocycles. The van der Waals surface area contributed by atoms with E-state index in [1.807, 2.05) is 6.07 Å². The van der Waals surface area contributed by atoms with Gasteiger partial charge in [0, 0.05) is 0 Å². The molecule has 0 unspecified atom stereocenters. The normalized spacial score (nSPS) is 15.9. The molecular weight excluding hydrogens is 352 g/mol. The molecule has 5 nitrogen and oxygen atoms in total. The number of benzene rings is 1. The number of nitrogens with zero attached hydrogens (tertiary/aromatic N) is 1. The molecule has 1 saturated heterocycles. The summed E-state index contributed by atoms with van der Waals surface area (Å²) < 4.78 is 10.9. The van der Waals surface area contributed by atoms with Crippen LogP contribution in [0.15, 0.2) is 12.1 Å². The number of ether oxygens (including phenoxy) is 2. The van der Waals surface area contributed by atoms with E-state index < -0.39 is 0 Å². The Kier molecular flexibility index (Phi) is 11.1. The van der Waals surface area contributed by atoms with E-state index in [2.05, 4.69) is 11.8 Å². The van der Waals surface area contributed by atoms with Gasteiger partial charge >= 0.3 is 0 Å². The van der Waals surface area contributed by atoms with Crippen LogP contribution in [-0.2, 0) is 6.42 Å². The first-order valence-electron chi connectivity index (χ1n) is 11.3. The zero-order valence-electron chi connectivity index (χ0n) is 17.8. The fourth-order valence-corrected chi connectivity index (χ4v) is 3.77. The smallest absolute Gasteiger partial charge is 0.203 e. The van der Waals surface area contributed by atoms with Crippen LogP contribution in [0.25, 0.3) is 0 Å². The average molecular weight is 393 g/mol. The Morgan fingerprint density at radius 2 is 1.68 bits per heavy atom. The molecule has 2 aliphatic rings. The van der Waals surface area contributed by atoms with Crippen LogP contribution in [0.3, 0.4) is 0 Å². The highest BCUT2D eigenvalue weighted by Gasteiger charge is 2.17. The molecule has 0 atom stereocenters. The van der Waals surface area contributed by atoms with E-state index in [1.54, 1.807) is 6.07 Å². The van der Waals surface area contributed by atoms with Crippen molar-refractivity contribution in [2.24, 2.45) is 5.73 Å². The number of hydrogen-bond donors (Lipinski definition) is 2. The predicted molar refractivity (Wildman–Crippen MR) is 116 cm³/mol. The lowest BCUT2D eigenvalue weighted by atomic mass is 10.1. The van der Waals surface area contributed by atoms with E-state index in [4.69, 9.17) is 15.2 Å². The maximum atomic E-state index is 9.93. The van der Waals surface area contributed by atoms with Crippen molar-refractivity contribution in [3.8, 4) is 17.2 Å². The zero-order chi connectivity index (χ0) is 20.0. The van der Waals surface area contributed by atoms with Crippen molar-refractivity contribution in [1.82, 2.24) is 4.90 Å². The fraction of sp³-hybridized carbons (Fsp3) is 0.739. The molecule has 1 fully saturated rings. The molecule has 2 heterocycles. The number of phenolic OH excluding ortho intramolecular Hbond substituents is 1. The molecular formula is C23H40N2O3. The number of hydrogen-bond acceptors (Lipinski definition) is 5.